The Morgan fingerprint density at radius 2 is 1.83 bits per heavy atom. The Balaban J connectivity index is 2.12. The molecule has 3 rings (SSSR count). The lowest BCUT2D eigenvalue weighted by atomic mass is 10.2. The van der Waals surface area contributed by atoms with Crippen LogP contribution in [0.3, 0.4) is 0 Å². The summed E-state index contributed by atoms with van der Waals surface area (Å²) in [6, 6.07) is 9.54. The van der Waals surface area contributed by atoms with Crippen LogP contribution >= 0.6 is 0 Å². The maximum Gasteiger partial charge on any atom is 0.257 e. The standard InChI is InChI=1S/C11H9N7/c12-10-15-9(8-4-2-1-3-5-8)16-11(17-10)18-7-13-6-14-18/h1-7H,(H2,12,15,16,17). The van der Waals surface area contributed by atoms with Gasteiger partial charge in [0.1, 0.15) is 12.7 Å². The number of hydrogen-bond donors (Lipinski definition) is 1. The average Bonchev–Trinajstić information content (AvgIpc) is 2.93. The third kappa shape index (κ3) is 1.88. The lowest BCUT2D eigenvalue weighted by Gasteiger charge is -2.03. The lowest BCUT2D eigenvalue weighted by molar-refractivity contribution is 0.800. The molecule has 0 saturated carbocycles. The summed E-state index contributed by atoms with van der Waals surface area (Å²) in [7, 11) is 0. The first-order valence-corrected chi connectivity index (χ1v) is 5.25. The molecule has 0 saturated heterocycles. The number of benzene rings is 1. The van der Waals surface area contributed by atoms with Crippen molar-refractivity contribution in [3.8, 4) is 17.3 Å². The number of hydrogen-bond acceptors (Lipinski definition) is 6. The van der Waals surface area contributed by atoms with Gasteiger partial charge < -0.3 is 5.73 Å². The predicted octanol–water partition coefficient (Wildman–Crippen LogP) is 0.701. The second kappa shape index (κ2) is 4.21. The van der Waals surface area contributed by atoms with Crippen LogP contribution in [0.1, 0.15) is 0 Å². The number of nitrogen functional groups attached to an aromatic ring is 1. The molecule has 2 heterocycles. The van der Waals surface area contributed by atoms with Crippen LogP contribution in [0.4, 0.5) is 5.95 Å². The molecule has 0 spiro atoms. The van der Waals surface area contributed by atoms with Crippen LogP contribution in [0.25, 0.3) is 17.3 Å². The first-order valence-electron chi connectivity index (χ1n) is 5.25. The summed E-state index contributed by atoms with van der Waals surface area (Å²) in [6.07, 6.45) is 2.91. The van der Waals surface area contributed by atoms with E-state index in [-0.39, 0.29) is 5.95 Å². The number of rotatable bonds is 2. The third-order valence-electron chi connectivity index (χ3n) is 2.30. The van der Waals surface area contributed by atoms with E-state index in [9.17, 15) is 0 Å². The molecule has 0 amide bonds. The van der Waals surface area contributed by atoms with Crippen molar-refractivity contribution in [3.63, 3.8) is 0 Å². The van der Waals surface area contributed by atoms with Gasteiger partial charge in [-0.05, 0) is 0 Å². The van der Waals surface area contributed by atoms with Gasteiger partial charge in [0.15, 0.2) is 5.82 Å². The SMILES string of the molecule is Nc1nc(-c2ccccc2)nc(-n2cncn2)n1. The van der Waals surface area contributed by atoms with Gasteiger partial charge in [-0.3, -0.25) is 0 Å². The van der Waals surface area contributed by atoms with E-state index < -0.39 is 0 Å². The van der Waals surface area contributed by atoms with Crippen molar-refractivity contribution in [2.75, 3.05) is 5.73 Å². The summed E-state index contributed by atoms with van der Waals surface area (Å²) >= 11 is 0. The molecule has 2 aromatic heterocycles. The summed E-state index contributed by atoms with van der Waals surface area (Å²) in [4.78, 5) is 16.3. The number of aromatic nitrogens is 6. The zero-order chi connectivity index (χ0) is 12.4. The van der Waals surface area contributed by atoms with Gasteiger partial charge in [-0.1, -0.05) is 30.3 Å². The molecule has 88 valence electrons. The molecule has 7 nitrogen and oxygen atoms in total. The maximum absolute atomic E-state index is 5.68. The molecule has 2 N–H and O–H groups in total. The van der Waals surface area contributed by atoms with E-state index in [4.69, 9.17) is 5.73 Å². The summed E-state index contributed by atoms with van der Waals surface area (Å²) in [5, 5.41) is 3.96. The molecule has 0 bridgehead atoms. The van der Waals surface area contributed by atoms with Gasteiger partial charge in [0.05, 0.1) is 0 Å². The van der Waals surface area contributed by atoms with Crippen LogP contribution in [0.2, 0.25) is 0 Å². The predicted molar refractivity (Wildman–Crippen MR) is 64.6 cm³/mol. The van der Waals surface area contributed by atoms with E-state index in [0.29, 0.717) is 11.8 Å². The molecule has 1 aromatic carbocycles. The van der Waals surface area contributed by atoms with Gasteiger partial charge in [0.25, 0.3) is 5.95 Å². The minimum Gasteiger partial charge on any atom is -0.368 e. The fourth-order valence-electron chi connectivity index (χ4n) is 1.51. The monoisotopic (exact) mass is 239 g/mol. The average molecular weight is 239 g/mol. The van der Waals surface area contributed by atoms with Crippen LogP contribution in [0.15, 0.2) is 43.0 Å². The van der Waals surface area contributed by atoms with E-state index in [1.54, 1.807) is 0 Å². The summed E-state index contributed by atoms with van der Waals surface area (Å²) in [5.41, 5.74) is 6.55. The Bertz CT molecular complexity index is 648. The van der Waals surface area contributed by atoms with Crippen molar-refractivity contribution in [3.05, 3.63) is 43.0 Å². The van der Waals surface area contributed by atoms with Crippen molar-refractivity contribution in [1.82, 2.24) is 29.7 Å². The largest absolute Gasteiger partial charge is 0.368 e. The van der Waals surface area contributed by atoms with Crippen LogP contribution < -0.4 is 5.73 Å². The highest BCUT2D eigenvalue weighted by Gasteiger charge is 2.08. The van der Waals surface area contributed by atoms with E-state index in [1.807, 2.05) is 30.3 Å². The van der Waals surface area contributed by atoms with E-state index in [2.05, 4.69) is 25.0 Å². The Kier molecular flexibility index (Phi) is 2.41. The third-order valence-corrected chi connectivity index (χ3v) is 2.30. The Morgan fingerprint density at radius 1 is 1.00 bits per heavy atom. The van der Waals surface area contributed by atoms with E-state index >= 15 is 0 Å². The summed E-state index contributed by atoms with van der Waals surface area (Å²) in [5.74, 6) is 1.00. The topological polar surface area (TPSA) is 95.4 Å². The summed E-state index contributed by atoms with van der Waals surface area (Å²) < 4.78 is 1.44. The molecule has 0 aliphatic heterocycles. The highest BCUT2D eigenvalue weighted by molar-refractivity contribution is 5.56. The molecule has 0 atom stereocenters. The van der Waals surface area contributed by atoms with Crippen LogP contribution in [-0.4, -0.2) is 29.7 Å². The number of nitrogens with two attached hydrogens (primary N) is 1. The second-order valence-corrected chi connectivity index (χ2v) is 3.52. The molecule has 3 aromatic rings. The van der Waals surface area contributed by atoms with Crippen molar-refractivity contribution in [1.29, 1.82) is 0 Å². The van der Waals surface area contributed by atoms with E-state index in [0.717, 1.165) is 5.56 Å². The maximum atomic E-state index is 5.68. The molecule has 0 aliphatic carbocycles. The molecule has 0 fully saturated rings. The Labute approximate surface area is 102 Å². The van der Waals surface area contributed by atoms with Crippen molar-refractivity contribution in [2.24, 2.45) is 0 Å². The Hall–Kier alpha value is -2.83. The molecule has 7 heteroatoms. The van der Waals surface area contributed by atoms with Gasteiger partial charge in [0.2, 0.25) is 5.95 Å². The lowest BCUT2D eigenvalue weighted by Crippen LogP contribution is -2.07. The molecule has 0 radical (unpaired) electrons. The fraction of sp³-hybridized carbons (Fsp3) is 0. The minimum atomic E-state index is 0.148. The quantitative estimate of drug-likeness (QED) is 0.707. The molecular formula is C11H9N7. The first-order chi connectivity index (χ1) is 8.83. The highest BCUT2D eigenvalue weighted by atomic mass is 15.4. The van der Waals surface area contributed by atoms with Crippen LogP contribution in [0, 0.1) is 0 Å². The normalized spacial score (nSPS) is 10.4. The van der Waals surface area contributed by atoms with E-state index in [1.165, 1.54) is 17.3 Å². The highest BCUT2D eigenvalue weighted by Crippen LogP contribution is 2.15. The number of anilines is 1. The molecular weight excluding hydrogens is 230 g/mol. The fourth-order valence-corrected chi connectivity index (χ4v) is 1.51. The van der Waals surface area contributed by atoms with Crippen molar-refractivity contribution < 1.29 is 0 Å². The van der Waals surface area contributed by atoms with Gasteiger partial charge in [-0.15, -0.1) is 0 Å². The van der Waals surface area contributed by atoms with Gasteiger partial charge in [-0.2, -0.15) is 24.7 Å². The summed E-state index contributed by atoms with van der Waals surface area (Å²) in [6.45, 7) is 0. The van der Waals surface area contributed by atoms with Crippen LogP contribution in [0.5, 0.6) is 0 Å². The van der Waals surface area contributed by atoms with Crippen molar-refractivity contribution in [2.45, 2.75) is 0 Å². The first kappa shape index (κ1) is 10.3. The smallest absolute Gasteiger partial charge is 0.257 e. The van der Waals surface area contributed by atoms with Gasteiger partial charge >= 0.3 is 0 Å². The Morgan fingerprint density at radius 3 is 2.56 bits per heavy atom. The second-order valence-electron chi connectivity index (χ2n) is 3.52. The number of nitrogens with zero attached hydrogens (tertiary/aromatic N) is 6. The zero-order valence-corrected chi connectivity index (χ0v) is 9.30. The minimum absolute atomic E-state index is 0.148. The molecule has 0 aliphatic rings. The molecule has 18 heavy (non-hydrogen) atoms. The van der Waals surface area contributed by atoms with Crippen molar-refractivity contribution >= 4 is 5.95 Å². The van der Waals surface area contributed by atoms with Crippen LogP contribution in [-0.2, 0) is 0 Å². The zero-order valence-electron chi connectivity index (χ0n) is 9.30. The van der Waals surface area contributed by atoms with Gasteiger partial charge in [-0.25, -0.2) is 4.98 Å². The molecule has 0 unspecified atom stereocenters. The van der Waals surface area contributed by atoms with Gasteiger partial charge in [0, 0.05) is 5.56 Å².